The molecule has 0 amide bonds. The fraction of sp³-hybridized carbons (Fsp3) is 0.400. The molecule has 21 heavy (non-hydrogen) atoms. The van der Waals surface area contributed by atoms with Gasteiger partial charge in [0, 0.05) is 11.6 Å². The molecule has 0 bridgehead atoms. The standard InChI is InChI=1S/C15H14BrF2N3/c16-13-4-3-11(20-21-13)5-6-15(8-10(17)9-15)14-12(18)2-1-7-19-14/h1-4,7,10H,5-6,8-9H2. The van der Waals surface area contributed by atoms with Crippen LogP contribution in [-0.2, 0) is 11.8 Å². The minimum absolute atomic E-state index is 0.324. The van der Waals surface area contributed by atoms with Crippen molar-refractivity contribution in [3.63, 3.8) is 0 Å². The Morgan fingerprint density at radius 2 is 2.05 bits per heavy atom. The second-order valence-corrected chi connectivity index (χ2v) is 6.28. The number of hydrogen-bond donors (Lipinski definition) is 0. The Hall–Kier alpha value is -1.43. The Labute approximate surface area is 129 Å². The van der Waals surface area contributed by atoms with E-state index in [9.17, 15) is 8.78 Å². The Kier molecular flexibility index (Phi) is 3.97. The van der Waals surface area contributed by atoms with Crippen LogP contribution >= 0.6 is 15.9 Å². The fourth-order valence-electron chi connectivity index (χ4n) is 2.92. The number of rotatable bonds is 4. The van der Waals surface area contributed by atoms with Crippen LogP contribution in [0.1, 0.15) is 30.7 Å². The van der Waals surface area contributed by atoms with Gasteiger partial charge < -0.3 is 0 Å². The molecule has 3 rings (SSSR count). The van der Waals surface area contributed by atoms with E-state index in [1.165, 1.54) is 6.07 Å². The Bertz CT molecular complexity index is 627. The third-order valence-electron chi connectivity index (χ3n) is 4.03. The van der Waals surface area contributed by atoms with Gasteiger partial charge in [0.15, 0.2) is 0 Å². The molecule has 0 saturated heterocycles. The van der Waals surface area contributed by atoms with Gasteiger partial charge in [0.2, 0.25) is 0 Å². The van der Waals surface area contributed by atoms with E-state index in [4.69, 9.17) is 0 Å². The highest BCUT2D eigenvalue weighted by Crippen LogP contribution is 2.48. The first-order valence-electron chi connectivity index (χ1n) is 6.82. The normalized spacial score (nSPS) is 24.6. The van der Waals surface area contributed by atoms with Crippen LogP contribution in [0.4, 0.5) is 8.78 Å². The van der Waals surface area contributed by atoms with Gasteiger partial charge in [-0.25, -0.2) is 8.78 Å². The number of alkyl halides is 1. The average Bonchev–Trinajstić information content (AvgIpc) is 2.45. The fourth-order valence-corrected chi connectivity index (χ4v) is 3.14. The van der Waals surface area contributed by atoms with Crippen LogP contribution < -0.4 is 0 Å². The van der Waals surface area contributed by atoms with Crippen LogP contribution in [0.5, 0.6) is 0 Å². The minimum atomic E-state index is -0.873. The van der Waals surface area contributed by atoms with Crippen LogP contribution in [0, 0.1) is 5.82 Å². The lowest BCUT2D eigenvalue weighted by molar-refractivity contribution is 0.0794. The predicted molar refractivity (Wildman–Crippen MR) is 78.1 cm³/mol. The van der Waals surface area contributed by atoms with Gasteiger partial charge in [0.05, 0.1) is 11.4 Å². The Balaban J connectivity index is 1.79. The van der Waals surface area contributed by atoms with Crippen molar-refractivity contribution in [1.82, 2.24) is 15.2 Å². The molecule has 1 aliphatic rings. The average molecular weight is 354 g/mol. The molecule has 1 saturated carbocycles. The zero-order chi connectivity index (χ0) is 14.9. The van der Waals surface area contributed by atoms with Gasteiger partial charge in [-0.1, -0.05) is 0 Å². The van der Waals surface area contributed by atoms with Gasteiger partial charge >= 0.3 is 0 Å². The lowest BCUT2D eigenvalue weighted by Crippen LogP contribution is -2.44. The van der Waals surface area contributed by atoms with Gasteiger partial charge in [-0.2, -0.15) is 5.10 Å². The summed E-state index contributed by atoms with van der Waals surface area (Å²) >= 11 is 3.23. The molecule has 0 aliphatic heterocycles. The van der Waals surface area contributed by atoms with Gasteiger partial charge in [0.25, 0.3) is 0 Å². The van der Waals surface area contributed by atoms with Crippen LogP contribution in [0.25, 0.3) is 0 Å². The maximum absolute atomic E-state index is 14.0. The predicted octanol–water partition coefficient (Wildman–Crippen LogP) is 3.78. The van der Waals surface area contributed by atoms with Crippen molar-refractivity contribution in [2.75, 3.05) is 0 Å². The summed E-state index contributed by atoms with van der Waals surface area (Å²) in [6.07, 6.45) is 2.59. The van der Waals surface area contributed by atoms with Crippen molar-refractivity contribution < 1.29 is 8.78 Å². The van der Waals surface area contributed by atoms with Gasteiger partial charge in [0.1, 0.15) is 16.6 Å². The van der Waals surface area contributed by atoms with Crippen LogP contribution in [0.15, 0.2) is 35.1 Å². The van der Waals surface area contributed by atoms with E-state index in [1.54, 1.807) is 12.3 Å². The first-order valence-corrected chi connectivity index (χ1v) is 7.61. The number of nitrogens with zero attached hydrogens (tertiary/aromatic N) is 3. The molecule has 2 aromatic rings. The summed E-state index contributed by atoms with van der Waals surface area (Å²) in [5.74, 6) is -0.355. The number of aromatic nitrogens is 3. The van der Waals surface area contributed by atoms with E-state index in [0.717, 1.165) is 5.69 Å². The summed E-state index contributed by atoms with van der Waals surface area (Å²) in [5.41, 5.74) is 0.680. The topological polar surface area (TPSA) is 38.7 Å². The molecular formula is C15H14BrF2N3. The summed E-state index contributed by atoms with van der Waals surface area (Å²) in [4.78, 5) is 4.15. The van der Waals surface area contributed by atoms with E-state index >= 15 is 0 Å². The molecule has 0 N–H and O–H groups in total. The Morgan fingerprint density at radius 1 is 1.24 bits per heavy atom. The smallest absolute Gasteiger partial charge is 0.145 e. The first kappa shape index (κ1) is 14.5. The van der Waals surface area contributed by atoms with Gasteiger partial charge in [-0.15, -0.1) is 5.10 Å². The van der Waals surface area contributed by atoms with Crippen molar-refractivity contribution in [2.45, 2.75) is 37.3 Å². The summed E-state index contributed by atoms with van der Waals surface area (Å²) in [6.45, 7) is 0. The molecule has 0 spiro atoms. The SMILES string of the molecule is Fc1cccnc1C1(CCc2ccc(Br)nn2)CC(F)C1. The number of aryl methyl sites for hydroxylation is 1. The zero-order valence-corrected chi connectivity index (χ0v) is 12.9. The molecule has 1 aliphatic carbocycles. The summed E-state index contributed by atoms with van der Waals surface area (Å²) in [5, 5.41) is 8.00. The number of pyridine rings is 1. The second kappa shape index (κ2) is 5.75. The van der Waals surface area contributed by atoms with Crippen LogP contribution in [-0.4, -0.2) is 21.4 Å². The van der Waals surface area contributed by atoms with Crippen LogP contribution in [0.2, 0.25) is 0 Å². The molecule has 0 radical (unpaired) electrons. The zero-order valence-electron chi connectivity index (χ0n) is 11.3. The molecular weight excluding hydrogens is 340 g/mol. The van der Waals surface area contributed by atoms with E-state index in [0.29, 0.717) is 36.0 Å². The molecule has 0 atom stereocenters. The summed E-state index contributed by atoms with van der Waals surface area (Å²) in [7, 11) is 0. The molecule has 2 heterocycles. The van der Waals surface area contributed by atoms with E-state index in [-0.39, 0.29) is 5.82 Å². The van der Waals surface area contributed by atoms with Crippen molar-refractivity contribution in [3.8, 4) is 0 Å². The number of hydrogen-bond acceptors (Lipinski definition) is 3. The third kappa shape index (κ3) is 2.95. The highest BCUT2D eigenvalue weighted by Gasteiger charge is 2.48. The van der Waals surface area contributed by atoms with Gasteiger partial charge in [-0.3, -0.25) is 4.98 Å². The number of halogens is 3. The summed E-state index contributed by atoms with van der Waals surface area (Å²) in [6, 6.07) is 6.62. The molecule has 3 nitrogen and oxygen atoms in total. The van der Waals surface area contributed by atoms with Crippen molar-refractivity contribution in [3.05, 3.63) is 52.3 Å². The molecule has 110 valence electrons. The van der Waals surface area contributed by atoms with Crippen LogP contribution in [0.3, 0.4) is 0 Å². The quantitative estimate of drug-likeness (QED) is 0.839. The Morgan fingerprint density at radius 3 is 2.67 bits per heavy atom. The van der Waals surface area contributed by atoms with Gasteiger partial charge in [-0.05, 0) is 65.9 Å². The third-order valence-corrected chi connectivity index (χ3v) is 4.46. The monoisotopic (exact) mass is 353 g/mol. The van der Waals surface area contributed by atoms with E-state index in [1.807, 2.05) is 12.1 Å². The van der Waals surface area contributed by atoms with Crippen molar-refractivity contribution >= 4 is 15.9 Å². The highest BCUT2D eigenvalue weighted by atomic mass is 79.9. The second-order valence-electron chi connectivity index (χ2n) is 5.47. The minimum Gasteiger partial charge on any atom is -0.258 e. The molecule has 1 fully saturated rings. The first-order chi connectivity index (χ1) is 10.1. The van der Waals surface area contributed by atoms with Crippen molar-refractivity contribution in [1.29, 1.82) is 0 Å². The maximum atomic E-state index is 14.0. The van der Waals surface area contributed by atoms with E-state index in [2.05, 4.69) is 31.1 Å². The molecule has 0 aromatic carbocycles. The maximum Gasteiger partial charge on any atom is 0.145 e. The molecule has 2 aromatic heterocycles. The molecule has 6 heteroatoms. The largest absolute Gasteiger partial charge is 0.258 e. The summed E-state index contributed by atoms with van der Waals surface area (Å²) < 4.78 is 28.1. The van der Waals surface area contributed by atoms with Crippen molar-refractivity contribution in [2.24, 2.45) is 0 Å². The highest BCUT2D eigenvalue weighted by molar-refractivity contribution is 9.10. The molecule has 0 unspecified atom stereocenters. The van der Waals surface area contributed by atoms with E-state index < -0.39 is 11.6 Å². The lowest BCUT2D eigenvalue weighted by atomic mass is 9.62. The lowest BCUT2D eigenvalue weighted by Gasteiger charge is -2.44.